The number of pyridine rings is 1. The van der Waals surface area contributed by atoms with E-state index in [0.29, 0.717) is 0 Å². The third-order valence-electron chi connectivity index (χ3n) is 4.62. The van der Waals surface area contributed by atoms with E-state index in [0.717, 1.165) is 5.52 Å². The van der Waals surface area contributed by atoms with Gasteiger partial charge in [-0.3, -0.25) is 4.98 Å². The Morgan fingerprint density at radius 3 is 2.59 bits per heavy atom. The monoisotopic (exact) mass is 285 g/mol. The summed E-state index contributed by atoms with van der Waals surface area (Å²) < 4.78 is 4.30. The van der Waals surface area contributed by atoms with E-state index in [-0.39, 0.29) is 0 Å². The van der Waals surface area contributed by atoms with E-state index < -0.39 is 0 Å². The lowest BCUT2D eigenvalue weighted by molar-refractivity contribution is 0.934. The number of hydrogen-bond donors (Lipinski definition) is 0. The first kappa shape index (κ1) is 11.8. The summed E-state index contributed by atoms with van der Waals surface area (Å²) in [5.74, 6) is 0. The molecule has 3 heteroatoms. The Bertz CT molecular complexity index is 1190. The quantitative estimate of drug-likeness (QED) is 0.387. The minimum absolute atomic E-state index is 1.08. The van der Waals surface area contributed by atoms with Gasteiger partial charge in [0.25, 0.3) is 0 Å². The lowest BCUT2D eigenvalue weighted by atomic mass is 9.98. The number of aryl methyl sites for hydroxylation is 2. The van der Waals surface area contributed by atoms with Gasteiger partial charge in [0, 0.05) is 65.9 Å². The molecule has 3 nitrogen and oxygen atoms in total. The molecule has 0 fully saturated rings. The topological polar surface area (TPSA) is 22.8 Å². The molecule has 0 bridgehead atoms. The number of hydrogen-bond acceptors (Lipinski definition) is 1. The number of aromatic nitrogens is 3. The number of nitrogens with zero attached hydrogens (tertiary/aromatic N) is 3. The van der Waals surface area contributed by atoms with Crippen molar-refractivity contribution >= 4 is 43.4 Å². The SMILES string of the molecule is Cn1cc2c3cc4c(ccn4C)cc3c3cccnc3c2c1. The summed E-state index contributed by atoms with van der Waals surface area (Å²) in [4.78, 5) is 4.64. The highest BCUT2D eigenvalue weighted by Gasteiger charge is 2.12. The second kappa shape index (κ2) is 3.89. The molecule has 5 rings (SSSR count). The molecule has 106 valence electrons. The molecule has 2 aromatic carbocycles. The van der Waals surface area contributed by atoms with Crippen LogP contribution in [0.15, 0.2) is 55.1 Å². The first-order chi connectivity index (χ1) is 10.7. The lowest BCUT2D eigenvalue weighted by Crippen LogP contribution is -1.86. The molecule has 3 heterocycles. The Hall–Kier alpha value is -2.81. The van der Waals surface area contributed by atoms with Crippen molar-refractivity contribution in [2.45, 2.75) is 0 Å². The van der Waals surface area contributed by atoms with Crippen LogP contribution < -0.4 is 0 Å². The van der Waals surface area contributed by atoms with Crippen LogP contribution in [0.3, 0.4) is 0 Å². The van der Waals surface area contributed by atoms with Gasteiger partial charge in [0.05, 0.1) is 5.52 Å². The summed E-state index contributed by atoms with van der Waals surface area (Å²) >= 11 is 0. The Labute approximate surface area is 127 Å². The third kappa shape index (κ3) is 1.38. The Morgan fingerprint density at radius 2 is 1.68 bits per heavy atom. The van der Waals surface area contributed by atoms with Crippen LogP contribution in [0.1, 0.15) is 0 Å². The van der Waals surface area contributed by atoms with Crippen LogP contribution in [0.5, 0.6) is 0 Å². The van der Waals surface area contributed by atoms with Gasteiger partial charge < -0.3 is 9.13 Å². The molecular weight excluding hydrogens is 270 g/mol. The normalized spacial score (nSPS) is 12.1. The van der Waals surface area contributed by atoms with Crippen molar-refractivity contribution in [3.63, 3.8) is 0 Å². The molecule has 0 aliphatic carbocycles. The minimum atomic E-state index is 1.08. The Balaban J connectivity index is 2.18. The maximum absolute atomic E-state index is 4.64. The predicted octanol–water partition coefficient (Wildman–Crippen LogP) is 4.37. The molecule has 0 N–H and O–H groups in total. The zero-order valence-corrected chi connectivity index (χ0v) is 12.5. The largest absolute Gasteiger partial charge is 0.356 e. The summed E-state index contributed by atoms with van der Waals surface area (Å²) in [6.45, 7) is 0. The number of rotatable bonds is 0. The maximum atomic E-state index is 4.64. The first-order valence-electron chi connectivity index (χ1n) is 7.43. The molecule has 22 heavy (non-hydrogen) atoms. The van der Waals surface area contributed by atoms with Crippen molar-refractivity contribution in [2.75, 3.05) is 0 Å². The summed E-state index contributed by atoms with van der Waals surface area (Å²) in [6, 6.07) is 11.0. The number of fused-ring (bicyclic) bond motifs is 7. The van der Waals surface area contributed by atoms with Gasteiger partial charge in [-0.25, -0.2) is 0 Å². The Morgan fingerprint density at radius 1 is 0.864 bits per heavy atom. The molecule has 3 aromatic heterocycles. The molecular formula is C19H15N3. The van der Waals surface area contributed by atoms with Crippen LogP contribution in [0.4, 0.5) is 0 Å². The third-order valence-corrected chi connectivity index (χ3v) is 4.62. The van der Waals surface area contributed by atoms with Gasteiger partial charge in [-0.1, -0.05) is 6.07 Å². The fourth-order valence-corrected chi connectivity index (χ4v) is 3.59. The van der Waals surface area contributed by atoms with Crippen molar-refractivity contribution in [2.24, 2.45) is 14.1 Å². The van der Waals surface area contributed by atoms with E-state index in [4.69, 9.17) is 0 Å². The molecule has 0 amide bonds. The fraction of sp³-hybridized carbons (Fsp3) is 0.105. The second-order valence-electron chi connectivity index (χ2n) is 6.03. The lowest BCUT2D eigenvalue weighted by Gasteiger charge is -2.07. The summed E-state index contributed by atoms with van der Waals surface area (Å²) in [5, 5.41) is 7.56. The van der Waals surface area contributed by atoms with Crippen LogP contribution in [0, 0.1) is 0 Å². The number of benzene rings is 2. The molecule has 0 aliphatic heterocycles. The van der Waals surface area contributed by atoms with E-state index in [1.54, 1.807) is 0 Å². The highest BCUT2D eigenvalue weighted by molar-refractivity contribution is 6.26. The molecule has 0 aliphatic rings. The predicted molar refractivity (Wildman–Crippen MR) is 92.2 cm³/mol. The highest BCUT2D eigenvalue weighted by atomic mass is 14.9. The van der Waals surface area contributed by atoms with Gasteiger partial charge in [-0.2, -0.15) is 0 Å². The van der Waals surface area contributed by atoms with Gasteiger partial charge in [-0.05, 0) is 35.0 Å². The van der Waals surface area contributed by atoms with E-state index in [2.05, 4.69) is 71.1 Å². The molecule has 0 spiro atoms. The molecule has 5 aromatic rings. The second-order valence-corrected chi connectivity index (χ2v) is 6.03. The van der Waals surface area contributed by atoms with E-state index in [1.165, 1.54) is 37.8 Å². The summed E-state index contributed by atoms with van der Waals surface area (Å²) in [7, 11) is 4.17. The average Bonchev–Trinajstić information content (AvgIpc) is 3.09. The molecule has 0 saturated carbocycles. The van der Waals surface area contributed by atoms with Crippen molar-refractivity contribution < 1.29 is 0 Å². The van der Waals surface area contributed by atoms with Gasteiger partial charge in [0.1, 0.15) is 0 Å². The van der Waals surface area contributed by atoms with Crippen LogP contribution in [0.2, 0.25) is 0 Å². The van der Waals surface area contributed by atoms with Gasteiger partial charge in [0.2, 0.25) is 0 Å². The van der Waals surface area contributed by atoms with E-state index >= 15 is 0 Å². The van der Waals surface area contributed by atoms with Crippen LogP contribution in [0.25, 0.3) is 43.4 Å². The van der Waals surface area contributed by atoms with Gasteiger partial charge >= 0.3 is 0 Å². The zero-order chi connectivity index (χ0) is 14.8. The van der Waals surface area contributed by atoms with Crippen molar-refractivity contribution in [1.29, 1.82) is 0 Å². The molecule has 0 radical (unpaired) electrons. The van der Waals surface area contributed by atoms with Crippen molar-refractivity contribution in [3.8, 4) is 0 Å². The first-order valence-corrected chi connectivity index (χ1v) is 7.43. The summed E-state index contributed by atoms with van der Waals surface area (Å²) in [5.41, 5.74) is 2.35. The van der Waals surface area contributed by atoms with Crippen molar-refractivity contribution in [1.82, 2.24) is 14.1 Å². The highest BCUT2D eigenvalue weighted by Crippen LogP contribution is 2.36. The zero-order valence-electron chi connectivity index (χ0n) is 12.5. The van der Waals surface area contributed by atoms with Crippen LogP contribution >= 0.6 is 0 Å². The van der Waals surface area contributed by atoms with Gasteiger partial charge in [-0.15, -0.1) is 0 Å². The standard InChI is InChI=1S/C19H15N3/c1-21-10-16-15-9-18-12(5-7-22(18)2)8-14(15)13-4-3-6-20-19(13)17(16)11-21/h3-11H,1-2H3. The van der Waals surface area contributed by atoms with Crippen LogP contribution in [-0.2, 0) is 14.1 Å². The molecule has 0 atom stereocenters. The smallest absolute Gasteiger partial charge is 0.0802 e. The van der Waals surface area contributed by atoms with Gasteiger partial charge in [0.15, 0.2) is 0 Å². The summed E-state index contributed by atoms with van der Waals surface area (Å²) in [6.07, 6.45) is 8.35. The average molecular weight is 285 g/mol. The van der Waals surface area contributed by atoms with Crippen LogP contribution in [-0.4, -0.2) is 14.1 Å². The Kier molecular flexibility index (Phi) is 2.09. The van der Waals surface area contributed by atoms with E-state index in [9.17, 15) is 0 Å². The molecule has 0 unspecified atom stereocenters. The van der Waals surface area contributed by atoms with E-state index in [1.807, 2.05) is 12.3 Å². The maximum Gasteiger partial charge on any atom is 0.0802 e. The fourth-order valence-electron chi connectivity index (χ4n) is 3.59. The molecule has 0 saturated heterocycles. The minimum Gasteiger partial charge on any atom is -0.356 e. The van der Waals surface area contributed by atoms with Crippen molar-refractivity contribution in [3.05, 3.63) is 55.1 Å².